The first-order chi connectivity index (χ1) is 10.9. The van der Waals surface area contributed by atoms with Gasteiger partial charge >= 0.3 is 0 Å². The quantitative estimate of drug-likeness (QED) is 0.831. The predicted octanol–water partition coefficient (Wildman–Crippen LogP) is 1.37. The van der Waals surface area contributed by atoms with Crippen LogP contribution in [0.15, 0.2) is 5.38 Å². The summed E-state index contributed by atoms with van der Waals surface area (Å²) in [5, 5.41) is 3.25. The first kappa shape index (κ1) is 17.3. The third-order valence-electron chi connectivity index (χ3n) is 4.86. The molecule has 2 aliphatic heterocycles. The van der Waals surface area contributed by atoms with E-state index in [0.717, 1.165) is 56.2 Å². The number of piperidine rings is 1. The Labute approximate surface area is 142 Å². The summed E-state index contributed by atoms with van der Waals surface area (Å²) in [7, 11) is -3.13. The van der Waals surface area contributed by atoms with Crippen molar-refractivity contribution in [2.75, 3.05) is 32.5 Å². The fourth-order valence-corrected chi connectivity index (χ4v) is 5.07. The number of aryl methyl sites for hydroxylation is 1. The van der Waals surface area contributed by atoms with Gasteiger partial charge in [0, 0.05) is 42.7 Å². The number of hydrogen-bond acceptors (Lipinski definition) is 6. The predicted molar refractivity (Wildman–Crippen MR) is 91.0 cm³/mol. The Hall–Kier alpha value is -0.540. The zero-order chi connectivity index (χ0) is 16.5. The van der Waals surface area contributed by atoms with Crippen molar-refractivity contribution in [3.63, 3.8) is 0 Å². The summed E-state index contributed by atoms with van der Waals surface area (Å²) in [5.41, 5.74) is 1.15. The molecule has 2 atom stereocenters. The molecule has 1 N–H and O–H groups in total. The average Bonchev–Trinajstić information content (AvgIpc) is 3.03. The summed E-state index contributed by atoms with van der Waals surface area (Å²) in [6, 6.07) is 0. The van der Waals surface area contributed by atoms with Crippen molar-refractivity contribution in [1.29, 1.82) is 0 Å². The van der Waals surface area contributed by atoms with Crippen molar-refractivity contribution in [1.82, 2.24) is 14.6 Å². The van der Waals surface area contributed by atoms with Crippen molar-refractivity contribution in [2.24, 2.45) is 5.41 Å². The highest BCUT2D eigenvalue weighted by Gasteiger charge is 2.47. The molecule has 0 saturated carbocycles. The van der Waals surface area contributed by atoms with Gasteiger partial charge in [0.15, 0.2) is 0 Å². The Morgan fingerprint density at radius 2 is 2.39 bits per heavy atom. The summed E-state index contributed by atoms with van der Waals surface area (Å²) in [6.45, 7) is 6.16. The molecule has 0 aliphatic carbocycles. The largest absolute Gasteiger partial charge is 0.378 e. The second-order valence-corrected chi connectivity index (χ2v) is 9.55. The van der Waals surface area contributed by atoms with Crippen molar-refractivity contribution in [3.05, 3.63) is 16.1 Å². The molecule has 2 aliphatic rings. The minimum atomic E-state index is -3.13. The SMILES string of the molecule is Cc1csc(CN2CC[C@@H]3OCC[C@]3(CCNS(C)(=O)=O)C2)n1. The van der Waals surface area contributed by atoms with Crippen LogP contribution >= 0.6 is 11.3 Å². The molecule has 1 aromatic rings. The number of sulfonamides is 1. The number of nitrogens with one attached hydrogen (secondary N) is 1. The Morgan fingerprint density at radius 1 is 1.57 bits per heavy atom. The molecule has 0 unspecified atom stereocenters. The molecule has 0 aromatic carbocycles. The van der Waals surface area contributed by atoms with Crippen LogP contribution in [0.5, 0.6) is 0 Å². The fourth-order valence-electron chi connectivity index (χ4n) is 3.79. The summed E-state index contributed by atoms with van der Waals surface area (Å²) >= 11 is 1.71. The lowest BCUT2D eigenvalue weighted by molar-refractivity contribution is -0.0236. The molecule has 1 aromatic heterocycles. The van der Waals surface area contributed by atoms with Crippen molar-refractivity contribution >= 4 is 21.4 Å². The summed E-state index contributed by atoms with van der Waals surface area (Å²) in [6.07, 6.45) is 4.33. The van der Waals surface area contributed by atoms with Crippen LogP contribution in [0.25, 0.3) is 0 Å². The van der Waals surface area contributed by atoms with Crippen LogP contribution in [0.3, 0.4) is 0 Å². The zero-order valence-corrected chi connectivity index (χ0v) is 15.4. The van der Waals surface area contributed by atoms with Gasteiger partial charge in [0.2, 0.25) is 10.0 Å². The summed E-state index contributed by atoms with van der Waals surface area (Å²) < 4.78 is 31.2. The van der Waals surface area contributed by atoms with E-state index in [1.807, 2.05) is 6.92 Å². The molecule has 8 heteroatoms. The van der Waals surface area contributed by atoms with E-state index in [9.17, 15) is 8.42 Å². The smallest absolute Gasteiger partial charge is 0.208 e. The van der Waals surface area contributed by atoms with Gasteiger partial charge in [-0.15, -0.1) is 11.3 Å². The number of fused-ring (bicyclic) bond motifs is 1. The molecular formula is C15H25N3O3S2. The van der Waals surface area contributed by atoms with Crippen LogP contribution in [-0.4, -0.2) is 56.9 Å². The van der Waals surface area contributed by atoms with E-state index in [1.165, 1.54) is 6.26 Å². The van der Waals surface area contributed by atoms with Crippen molar-refractivity contribution in [3.8, 4) is 0 Å². The van der Waals surface area contributed by atoms with Gasteiger partial charge in [-0.1, -0.05) is 0 Å². The van der Waals surface area contributed by atoms with Crippen LogP contribution in [0, 0.1) is 12.3 Å². The van der Waals surface area contributed by atoms with Crippen LogP contribution in [0.4, 0.5) is 0 Å². The fraction of sp³-hybridized carbons (Fsp3) is 0.800. The minimum absolute atomic E-state index is 0.0717. The number of nitrogens with zero attached hydrogens (tertiary/aromatic N) is 2. The first-order valence-electron chi connectivity index (χ1n) is 8.06. The molecule has 3 heterocycles. The van der Waals surface area contributed by atoms with Crippen LogP contribution in [-0.2, 0) is 21.3 Å². The lowest BCUT2D eigenvalue weighted by atomic mass is 9.74. The third-order valence-corrected chi connectivity index (χ3v) is 6.54. The second-order valence-electron chi connectivity index (χ2n) is 6.77. The number of thiazole rings is 1. The molecule has 6 nitrogen and oxygen atoms in total. The molecular weight excluding hydrogens is 334 g/mol. The summed E-state index contributed by atoms with van der Waals surface area (Å²) in [4.78, 5) is 7.01. The third kappa shape index (κ3) is 4.30. The Balaban J connectivity index is 1.64. The lowest BCUT2D eigenvalue weighted by Crippen LogP contribution is -2.50. The maximum Gasteiger partial charge on any atom is 0.208 e. The van der Waals surface area contributed by atoms with E-state index in [-0.39, 0.29) is 11.5 Å². The van der Waals surface area contributed by atoms with Crippen molar-refractivity contribution in [2.45, 2.75) is 38.8 Å². The minimum Gasteiger partial charge on any atom is -0.378 e. The summed E-state index contributed by atoms with van der Waals surface area (Å²) in [5.74, 6) is 0. The number of aromatic nitrogens is 1. The molecule has 130 valence electrons. The maximum atomic E-state index is 11.3. The number of hydrogen-bond donors (Lipinski definition) is 1. The average molecular weight is 360 g/mol. The Morgan fingerprint density at radius 3 is 3.09 bits per heavy atom. The molecule has 0 spiro atoms. The Bertz CT molecular complexity index is 646. The maximum absolute atomic E-state index is 11.3. The first-order valence-corrected chi connectivity index (χ1v) is 10.8. The zero-order valence-electron chi connectivity index (χ0n) is 13.7. The van der Waals surface area contributed by atoms with Gasteiger partial charge in [0.1, 0.15) is 5.01 Å². The molecule has 0 bridgehead atoms. The normalized spacial score (nSPS) is 28.9. The standard InChI is InChI=1S/C15H25N3O3S2/c1-12-10-22-14(17-12)9-18-7-3-13-15(11-18,5-8-21-13)4-6-16-23(2,19)20/h10,13,16H,3-9,11H2,1-2H3/t13-,15+/m0/s1. The van der Waals surface area contributed by atoms with Gasteiger partial charge in [-0.3, -0.25) is 4.90 Å². The number of ether oxygens (including phenoxy) is 1. The van der Waals surface area contributed by atoms with Gasteiger partial charge in [-0.2, -0.15) is 0 Å². The monoisotopic (exact) mass is 359 g/mol. The molecule has 23 heavy (non-hydrogen) atoms. The van der Waals surface area contributed by atoms with E-state index in [1.54, 1.807) is 11.3 Å². The highest BCUT2D eigenvalue weighted by molar-refractivity contribution is 7.88. The van der Waals surface area contributed by atoms with Crippen LogP contribution in [0.2, 0.25) is 0 Å². The van der Waals surface area contributed by atoms with Gasteiger partial charge < -0.3 is 4.74 Å². The highest BCUT2D eigenvalue weighted by Crippen LogP contribution is 2.43. The molecule has 3 rings (SSSR count). The molecule has 0 amide bonds. The van der Waals surface area contributed by atoms with E-state index in [0.29, 0.717) is 6.54 Å². The van der Waals surface area contributed by atoms with Gasteiger partial charge in [0.25, 0.3) is 0 Å². The lowest BCUT2D eigenvalue weighted by Gasteiger charge is -2.43. The van der Waals surface area contributed by atoms with Crippen LogP contribution in [0.1, 0.15) is 30.0 Å². The topological polar surface area (TPSA) is 71.5 Å². The molecule has 0 radical (unpaired) electrons. The van der Waals surface area contributed by atoms with E-state index in [2.05, 4.69) is 20.0 Å². The van der Waals surface area contributed by atoms with E-state index < -0.39 is 10.0 Å². The van der Waals surface area contributed by atoms with Crippen LogP contribution < -0.4 is 4.72 Å². The van der Waals surface area contributed by atoms with Gasteiger partial charge in [0.05, 0.1) is 18.9 Å². The van der Waals surface area contributed by atoms with E-state index in [4.69, 9.17) is 4.74 Å². The molecule has 2 saturated heterocycles. The van der Waals surface area contributed by atoms with Gasteiger partial charge in [-0.25, -0.2) is 18.1 Å². The van der Waals surface area contributed by atoms with Crippen molar-refractivity contribution < 1.29 is 13.2 Å². The van der Waals surface area contributed by atoms with E-state index >= 15 is 0 Å². The Kier molecular flexibility index (Phi) is 5.08. The highest BCUT2D eigenvalue weighted by atomic mass is 32.2. The number of likely N-dealkylation sites (tertiary alicyclic amines) is 1. The molecule has 2 fully saturated rings. The number of rotatable bonds is 6. The van der Waals surface area contributed by atoms with Gasteiger partial charge in [-0.05, 0) is 26.2 Å². The second kappa shape index (κ2) is 6.76.